The Kier molecular flexibility index (Phi) is 1.78. The van der Waals surface area contributed by atoms with Crippen LogP contribution in [-0.2, 0) is 0 Å². The van der Waals surface area contributed by atoms with Gasteiger partial charge >= 0.3 is 0 Å². The summed E-state index contributed by atoms with van der Waals surface area (Å²) in [5.41, 5.74) is 9.11. The van der Waals surface area contributed by atoms with Crippen LogP contribution in [0.15, 0.2) is 30.5 Å². The molecule has 1 saturated carbocycles. The van der Waals surface area contributed by atoms with E-state index < -0.39 is 0 Å². The molecule has 3 nitrogen and oxygen atoms in total. The second-order valence-electron chi connectivity index (χ2n) is 4.08. The first-order valence-electron chi connectivity index (χ1n) is 5.24. The normalized spacial score (nSPS) is 15.5. The Hall–Kier alpha value is -1.77. The van der Waals surface area contributed by atoms with Crippen molar-refractivity contribution in [2.45, 2.75) is 18.8 Å². The number of nitrogens with zero attached hydrogens (tertiary/aromatic N) is 1. The lowest BCUT2D eigenvalue weighted by Crippen LogP contribution is -1.86. The molecular formula is C12H13N3. The summed E-state index contributed by atoms with van der Waals surface area (Å²) in [5.74, 6) is 1.28. The lowest BCUT2D eigenvalue weighted by atomic mass is 10.1. The second-order valence-corrected chi connectivity index (χ2v) is 4.08. The lowest BCUT2D eigenvalue weighted by molar-refractivity contribution is 1.13. The van der Waals surface area contributed by atoms with E-state index in [0.29, 0.717) is 5.95 Å². The van der Waals surface area contributed by atoms with Gasteiger partial charge in [-0.1, -0.05) is 24.3 Å². The van der Waals surface area contributed by atoms with Crippen LogP contribution in [0.25, 0.3) is 11.3 Å². The van der Waals surface area contributed by atoms with Crippen LogP contribution >= 0.6 is 0 Å². The molecule has 3 rings (SSSR count). The number of nitrogen functional groups attached to an aromatic ring is 1. The summed E-state index contributed by atoms with van der Waals surface area (Å²) in [5, 5.41) is 0. The zero-order valence-corrected chi connectivity index (χ0v) is 8.40. The molecule has 0 unspecified atom stereocenters. The number of aromatic amines is 1. The highest BCUT2D eigenvalue weighted by atomic mass is 15.0. The summed E-state index contributed by atoms with van der Waals surface area (Å²) < 4.78 is 0. The Labute approximate surface area is 88.3 Å². The van der Waals surface area contributed by atoms with Crippen molar-refractivity contribution in [1.82, 2.24) is 9.97 Å². The summed E-state index contributed by atoms with van der Waals surface area (Å²) in [6.07, 6.45) is 4.45. The maximum absolute atomic E-state index is 5.54. The Morgan fingerprint density at radius 1 is 1.20 bits per heavy atom. The van der Waals surface area contributed by atoms with Crippen LogP contribution in [0, 0.1) is 0 Å². The number of nitrogens with one attached hydrogen (secondary N) is 1. The Morgan fingerprint density at radius 3 is 2.47 bits per heavy atom. The summed E-state index contributed by atoms with van der Waals surface area (Å²) in [6, 6.07) is 8.65. The topological polar surface area (TPSA) is 54.7 Å². The van der Waals surface area contributed by atoms with E-state index in [1.807, 2.05) is 0 Å². The molecule has 1 aliphatic carbocycles. The van der Waals surface area contributed by atoms with Crippen molar-refractivity contribution < 1.29 is 0 Å². The van der Waals surface area contributed by atoms with Crippen LogP contribution in [0.5, 0.6) is 0 Å². The molecule has 0 spiro atoms. The van der Waals surface area contributed by atoms with Crippen LogP contribution in [0.3, 0.4) is 0 Å². The highest BCUT2D eigenvalue weighted by Gasteiger charge is 2.22. The smallest absolute Gasteiger partial charge is 0.197 e. The van der Waals surface area contributed by atoms with Gasteiger partial charge in [0.05, 0.1) is 11.9 Å². The summed E-state index contributed by atoms with van der Waals surface area (Å²) in [7, 11) is 0. The molecule has 1 fully saturated rings. The number of hydrogen-bond donors (Lipinski definition) is 2. The van der Waals surface area contributed by atoms with Gasteiger partial charge in [-0.15, -0.1) is 0 Å². The van der Waals surface area contributed by atoms with Crippen LogP contribution < -0.4 is 5.73 Å². The van der Waals surface area contributed by atoms with Crippen molar-refractivity contribution in [3.8, 4) is 11.3 Å². The van der Waals surface area contributed by atoms with E-state index in [4.69, 9.17) is 5.73 Å². The molecule has 0 radical (unpaired) electrons. The van der Waals surface area contributed by atoms with Crippen molar-refractivity contribution in [3.63, 3.8) is 0 Å². The zero-order valence-electron chi connectivity index (χ0n) is 8.40. The monoisotopic (exact) mass is 199 g/mol. The summed E-state index contributed by atoms with van der Waals surface area (Å²) in [6.45, 7) is 0. The van der Waals surface area contributed by atoms with E-state index in [9.17, 15) is 0 Å². The minimum Gasteiger partial charge on any atom is -0.369 e. The predicted octanol–water partition coefficient (Wildman–Crippen LogP) is 2.54. The fourth-order valence-electron chi connectivity index (χ4n) is 1.83. The molecule has 1 aromatic heterocycles. The molecule has 0 aliphatic heterocycles. The number of hydrogen-bond acceptors (Lipinski definition) is 2. The number of benzene rings is 1. The lowest BCUT2D eigenvalue weighted by Gasteiger charge is -2.00. The zero-order chi connectivity index (χ0) is 10.3. The molecule has 0 bridgehead atoms. The number of rotatable bonds is 2. The standard InChI is InChI=1S/C12H13N3/c13-12-14-7-11(15-12)10-5-3-9(4-6-10)8-1-2-8/h3-8H,1-2H2,(H3,13,14,15). The fraction of sp³-hybridized carbons (Fsp3) is 0.250. The molecule has 15 heavy (non-hydrogen) atoms. The van der Waals surface area contributed by atoms with Gasteiger partial charge in [-0.25, -0.2) is 4.98 Å². The molecular weight excluding hydrogens is 186 g/mol. The van der Waals surface area contributed by atoms with Crippen molar-refractivity contribution in [2.24, 2.45) is 0 Å². The number of imidazole rings is 1. The van der Waals surface area contributed by atoms with E-state index in [1.165, 1.54) is 18.4 Å². The molecule has 0 saturated heterocycles. The van der Waals surface area contributed by atoms with Gasteiger partial charge in [0.1, 0.15) is 0 Å². The first-order valence-corrected chi connectivity index (χ1v) is 5.24. The van der Waals surface area contributed by atoms with Gasteiger partial charge in [0.25, 0.3) is 0 Å². The van der Waals surface area contributed by atoms with Gasteiger partial charge in [0.2, 0.25) is 0 Å². The van der Waals surface area contributed by atoms with Gasteiger partial charge in [0, 0.05) is 0 Å². The minimum absolute atomic E-state index is 0.469. The third kappa shape index (κ3) is 1.61. The first kappa shape index (κ1) is 8.53. The van der Waals surface area contributed by atoms with Crippen molar-refractivity contribution >= 4 is 5.95 Å². The summed E-state index contributed by atoms with van der Waals surface area (Å²) in [4.78, 5) is 7.01. The maximum Gasteiger partial charge on any atom is 0.197 e. The molecule has 0 amide bonds. The summed E-state index contributed by atoms with van der Waals surface area (Å²) >= 11 is 0. The van der Waals surface area contributed by atoms with Crippen LogP contribution in [0.1, 0.15) is 24.3 Å². The van der Waals surface area contributed by atoms with Crippen LogP contribution in [-0.4, -0.2) is 9.97 Å². The first-order chi connectivity index (χ1) is 7.33. The van der Waals surface area contributed by atoms with E-state index in [0.717, 1.165) is 17.2 Å². The van der Waals surface area contributed by atoms with Gasteiger partial charge in [-0.05, 0) is 29.9 Å². The van der Waals surface area contributed by atoms with Crippen molar-refractivity contribution in [3.05, 3.63) is 36.0 Å². The molecule has 3 N–H and O–H groups in total. The van der Waals surface area contributed by atoms with Gasteiger partial charge in [-0.3, -0.25) is 0 Å². The number of H-pyrrole nitrogens is 1. The van der Waals surface area contributed by atoms with Crippen LogP contribution in [0.2, 0.25) is 0 Å². The van der Waals surface area contributed by atoms with E-state index in [1.54, 1.807) is 6.20 Å². The highest BCUT2D eigenvalue weighted by molar-refractivity contribution is 5.60. The predicted molar refractivity (Wildman–Crippen MR) is 60.4 cm³/mol. The fourth-order valence-corrected chi connectivity index (χ4v) is 1.83. The molecule has 1 aromatic carbocycles. The third-order valence-electron chi connectivity index (χ3n) is 2.87. The number of nitrogens with two attached hydrogens (primary N) is 1. The quantitative estimate of drug-likeness (QED) is 0.780. The largest absolute Gasteiger partial charge is 0.369 e. The van der Waals surface area contributed by atoms with E-state index in [-0.39, 0.29) is 0 Å². The van der Waals surface area contributed by atoms with Crippen molar-refractivity contribution in [2.75, 3.05) is 5.73 Å². The molecule has 1 heterocycles. The third-order valence-corrected chi connectivity index (χ3v) is 2.87. The average molecular weight is 199 g/mol. The Balaban J connectivity index is 1.92. The molecule has 3 heteroatoms. The average Bonchev–Trinajstić information content (AvgIpc) is 3.02. The van der Waals surface area contributed by atoms with Gasteiger partial charge < -0.3 is 10.7 Å². The Morgan fingerprint density at radius 2 is 1.93 bits per heavy atom. The SMILES string of the molecule is Nc1ncc(-c2ccc(C3CC3)cc2)[nH]1. The van der Waals surface area contributed by atoms with E-state index in [2.05, 4.69) is 34.2 Å². The molecule has 0 atom stereocenters. The maximum atomic E-state index is 5.54. The van der Waals surface area contributed by atoms with Crippen molar-refractivity contribution in [1.29, 1.82) is 0 Å². The van der Waals surface area contributed by atoms with Crippen LogP contribution in [0.4, 0.5) is 5.95 Å². The molecule has 2 aromatic rings. The number of aromatic nitrogens is 2. The Bertz CT molecular complexity index is 466. The second kappa shape index (κ2) is 3.12. The molecule has 76 valence electrons. The highest BCUT2D eigenvalue weighted by Crippen LogP contribution is 2.40. The van der Waals surface area contributed by atoms with Gasteiger partial charge in [0.15, 0.2) is 5.95 Å². The van der Waals surface area contributed by atoms with Gasteiger partial charge in [-0.2, -0.15) is 0 Å². The minimum atomic E-state index is 0.469. The molecule has 1 aliphatic rings. The van der Waals surface area contributed by atoms with E-state index >= 15 is 0 Å². The number of anilines is 1.